The van der Waals surface area contributed by atoms with E-state index < -0.39 is 0 Å². The van der Waals surface area contributed by atoms with Crippen LogP contribution in [0.25, 0.3) is 0 Å². The summed E-state index contributed by atoms with van der Waals surface area (Å²) in [5.74, 6) is -0.371. The highest BCUT2D eigenvalue weighted by Gasteiger charge is 2.32. The molecule has 1 N–H and O–H groups in total. The van der Waals surface area contributed by atoms with Gasteiger partial charge < -0.3 is 10.1 Å². The molecule has 0 spiro atoms. The number of thiophene rings is 1. The Morgan fingerprint density at radius 2 is 2.53 bits per heavy atom. The van der Waals surface area contributed by atoms with Crippen LogP contribution in [0.4, 0.5) is 0 Å². The van der Waals surface area contributed by atoms with Gasteiger partial charge >= 0.3 is 5.97 Å². The normalized spacial score (nSPS) is 21.0. The van der Waals surface area contributed by atoms with Crippen LogP contribution in [0, 0.1) is 0 Å². The molecule has 92 valence electrons. The highest BCUT2D eigenvalue weighted by atomic mass is 32.1. The molecule has 1 fully saturated rings. The largest absolute Gasteiger partial charge is 0.468 e. The summed E-state index contributed by atoms with van der Waals surface area (Å²) in [5.41, 5.74) is 0. The van der Waals surface area contributed by atoms with Crippen molar-refractivity contribution in [3.63, 3.8) is 0 Å². The topological polar surface area (TPSA) is 58.6 Å². The Balaban J connectivity index is 2.17. The number of nitrogens with zero attached hydrogens (tertiary/aromatic N) is 1. The number of ether oxygens (including phenoxy) is 1. The number of carbonyl (C=O) groups excluding carboxylic acids is 2. The van der Waals surface area contributed by atoms with Crippen LogP contribution in [0.3, 0.4) is 0 Å². The molecule has 6 heteroatoms. The number of hydrogen-bond acceptors (Lipinski definition) is 5. The van der Waals surface area contributed by atoms with Gasteiger partial charge in [0.2, 0.25) is 5.91 Å². The second kappa shape index (κ2) is 5.29. The third-order valence-corrected chi connectivity index (χ3v) is 3.61. The van der Waals surface area contributed by atoms with Crippen molar-refractivity contribution in [1.82, 2.24) is 10.2 Å². The van der Waals surface area contributed by atoms with Gasteiger partial charge in [0.15, 0.2) is 0 Å². The minimum absolute atomic E-state index is 0.0531. The first-order valence-corrected chi connectivity index (χ1v) is 6.22. The van der Waals surface area contributed by atoms with Crippen molar-refractivity contribution in [1.29, 1.82) is 0 Å². The summed E-state index contributed by atoms with van der Waals surface area (Å²) in [6, 6.07) is 3.44. The van der Waals surface area contributed by atoms with E-state index in [4.69, 9.17) is 0 Å². The summed E-state index contributed by atoms with van der Waals surface area (Å²) in [6.07, 6.45) is 0. The zero-order chi connectivity index (χ0) is 12.3. The number of esters is 1. The molecule has 1 aliphatic heterocycles. The maximum Gasteiger partial charge on any atom is 0.319 e. The second-order valence-electron chi connectivity index (χ2n) is 3.76. The lowest BCUT2D eigenvalue weighted by Gasteiger charge is -2.33. The second-order valence-corrected chi connectivity index (χ2v) is 4.73. The van der Waals surface area contributed by atoms with Gasteiger partial charge in [0.25, 0.3) is 0 Å². The number of methoxy groups -OCH3 is 1. The molecule has 2 rings (SSSR count). The molecule has 0 aromatic carbocycles. The van der Waals surface area contributed by atoms with E-state index in [0.717, 1.165) is 4.88 Å². The highest BCUT2D eigenvalue weighted by Crippen LogP contribution is 2.26. The van der Waals surface area contributed by atoms with Crippen molar-refractivity contribution in [3.8, 4) is 0 Å². The Kier molecular flexibility index (Phi) is 3.75. The van der Waals surface area contributed by atoms with Gasteiger partial charge in [0.05, 0.1) is 13.7 Å². The van der Waals surface area contributed by atoms with Crippen LogP contribution in [0.15, 0.2) is 17.5 Å². The lowest BCUT2D eigenvalue weighted by Crippen LogP contribution is -2.51. The number of carbonyl (C=O) groups is 2. The molecule has 5 nitrogen and oxygen atoms in total. The Morgan fingerprint density at radius 3 is 3.18 bits per heavy atom. The first kappa shape index (κ1) is 12.1. The van der Waals surface area contributed by atoms with Crippen molar-refractivity contribution in [2.45, 2.75) is 6.04 Å². The summed E-state index contributed by atoms with van der Waals surface area (Å²) < 4.78 is 4.64. The van der Waals surface area contributed by atoms with Crippen LogP contribution in [0.5, 0.6) is 0 Å². The van der Waals surface area contributed by atoms with E-state index in [1.54, 1.807) is 0 Å². The Morgan fingerprint density at radius 1 is 1.71 bits per heavy atom. The summed E-state index contributed by atoms with van der Waals surface area (Å²) >= 11 is 1.52. The molecule has 1 aromatic rings. The summed E-state index contributed by atoms with van der Waals surface area (Å²) in [6.45, 7) is 1.37. The molecular formula is C11H14N2O3S. The highest BCUT2D eigenvalue weighted by molar-refractivity contribution is 7.10. The summed E-state index contributed by atoms with van der Waals surface area (Å²) in [5, 5.41) is 4.74. The minimum Gasteiger partial charge on any atom is -0.468 e. The number of piperazine rings is 1. The van der Waals surface area contributed by atoms with E-state index in [1.807, 2.05) is 22.4 Å². The molecule has 1 atom stereocenters. The van der Waals surface area contributed by atoms with Crippen LogP contribution in [0.2, 0.25) is 0 Å². The fourth-order valence-corrected chi connectivity index (χ4v) is 2.73. The first-order valence-electron chi connectivity index (χ1n) is 5.34. The third kappa shape index (κ3) is 2.65. The Labute approximate surface area is 103 Å². The van der Waals surface area contributed by atoms with Crippen LogP contribution < -0.4 is 5.32 Å². The van der Waals surface area contributed by atoms with E-state index in [9.17, 15) is 9.59 Å². The van der Waals surface area contributed by atoms with Crippen molar-refractivity contribution < 1.29 is 14.3 Å². The monoisotopic (exact) mass is 254 g/mol. The summed E-state index contributed by atoms with van der Waals surface area (Å²) in [4.78, 5) is 26.0. The molecular weight excluding hydrogens is 240 g/mol. The average Bonchev–Trinajstić information content (AvgIpc) is 2.82. The van der Waals surface area contributed by atoms with E-state index >= 15 is 0 Å². The average molecular weight is 254 g/mol. The Hall–Kier alpha value is -1.40. The van der Waals surface area contributed by atoms with Crippen molar-refractivity contribution in [2.24, 2.45) is 0 Å². The van der Waals surface area contributed by atoms with Gasteiger partial charge in [0.1, 0.15) is 6.04 Å². The fraction of sp³-hybridized carbons (Fsp3) is 0.455. The van der Waals surface area contributed by atoms with E-state index in [0.29, 0.717) is 13.1 Å². The quantitative estimate of drug-likeness (QED) is 0.793. The van der Waals surface area contributed by atoms with E-state index in [2.05, 4.69) is 10.1 Å². The fourth-order valence-electron chi connectivity index (χ4n) is 1.87. The zero-order valence-electron chi connectivity index (χ0n) is 9.51. The van der Waals surface area contributed by atoms with Gasteiger partial charge in [-0.05, 0) is 11.4 Å². The maximum atomic E-state index is 11.9. The molecule has 1 unspecified atom stereocenters. The number of nitrogens with one attached hydrogen (secondary N) is 1. The molecule has 0 aliphatic carbocycles. The third-order valence-electron chi connectivity index (χ3n) is 2.68. The standard InChI is InChI=1S/C11H14N2O3S/c1-16-9(14)7-13-5-4-12-11(15)10(13)8-3-2-6-17-8/h2-3,6,10H,4-5,7H2,1H3,(H,12,15). The van der Waals surface area contributed by atoms with Gasteiger partial charge in [-0.2, -0.15) is 0 Å². The predicted octanol–water partition coefficient (Wildman–Crippen LogP) is 0.394. The molecule has 0 saturated carbocycles. The molecule has 1 aliphatic rings. The van der Waals surface area contributed by atoms with Crippen molar-refractivity contribution in [2.75, 3.05) is 26.7 Å². The number of rotatable bonds is 3. The predicted molar refractivity (Wildman–Crippen MR) is 63.7 cm³/mol. The SMILES string of the molecule is COC(=O)CN1CCNC(=O)C1c1cccs1. The van der Waals surface area contributed by atoms with Gasteiger partial charge in [-0.25, -0.2) is 0 Å². The van der Waals surface area contributed by atoms with Gasteiger partial charge in [-0.1, -0.05) is 6.07 Å². The van der Waals surface area contributed by atoms with Gasteiger partial charge in [0, 0.05) is 18.0 Å². The van der Waals surface area contributed by atoms with Crippen LogP contribution in [-0.4, -0.2) is 43.5 Å². The lowest BCUT2D eigenvalue weighted by atomic mass is 10.1. The van der Waals surface area contributed by atoms with Crippen LogP contribution in [0.1, 0.15) is 10.9 Å². The maximum absolute atomic E-state index is 11.9. The van der Waals surface area contributed by atoms with Gasteiger partial charge in [-0.15, -0.1) is 11.3 Å². The molecule has 17 heavy (non-hydrogen) atoms. The molecule has 2 heterocycles. The Bertz CT molecular complexity index is 405. The minimum atomic E-state index is -0.372. The number of amides is 1. The lowest BCUT2D eigenvalue weighted by molar-refractivity contribution is -0.144. The molecule has 1 amide bonds. The number of hydrogen-bond donors (Lipinski definition) is 1. The van der Waals surface area contributed by atoms with E-state index in [-0.39, 0.29) is 24.5 Å². The zero-order valence-corrected chi connectivity index (χ0v) is 10.3. The first-order chi connectivity index (χ1) is 8.22. The molecule has 1 aromatic heterocycles. The summed E-state index contributed by atoms with van der Waals surface area (Å²) in [7, 11) is 1.35. The molecule has 0 radical (unpaired) electrons. The molecule has 1 saturated heterocycles. The van der Waals surface area contributed by atoms with Crippen molar-refractivity contribution >= 4 is 23.2 Å². The van der Waals surface area contributed by atoms with Crippen LogP contribution in [-0.2, 0) is 14.3 Å². The van der Waals surface area contributed by atoms with Crippen LogP contribution >= 0.6 is 11.3 Å². The van der Waals surface area contributed by atoms with E-state index in [1.165, 1.54) is 18.4 Å². The van der Waals surface area contributed by atoms with Gasteiger partial charge in [-0.3, -0.25) is 14.5 Å². The molecule has 0 bridgehead atoms. The van der Waals surface area contributed by atoms with Crippen molar-refractivity contribution in [3.05, 3.63) is 22.4 Å². The smallest absolute Gasteiger partial charge is 0.319 e.